The van der Waals surface area contributed by atoms with Gasteiger partial charge in [-0.15, -0.1) is 0 Å². The second kappa shape index (κ2) is 6.83. The summed E-state index contributed by atoms with van der Waals surface area (Å²) in [5.41, 5.74) is -5.00. The van der Waals surface area contributed by atoms with Crippen molar-refractivity contribution < 1.29 is 31.5 Å². The van der Waals surface area contributed by atoms with Crippen molar-refractivity contribution in [3.63, 3.8) is 0 Å². The first kappa shape index (κ1) is 19.7. The van der Waals surface area contributed by atoms with E-state index < -0.39 is 36.6 Å². The fourth-order valence-corrected chi connectivity index (χ4v) is 3.11. The largest absolute Gasteiger partial charge is 0.490 e. The second-order valence-corrected chi connectivity index (χ2v) is 6.49. The number of nitrogens with one attached hydrogen (secondary N) is 1. The van der Waals surface area contributed by atoms with E-state index in [-0.39, 0.29) is 32.6 Å². The van der Waals surface area contributed by atoms with Crippen molar-refractivity contribution in [3.8, 4) is 5.75 Å². The van der Waals surface area contributed by atoms with E-state index in [1.165, 1.54) is 0 Å². The third-order valence-corrected chi connectivity index (χ3v) is 4.73. The van der Waals surface area contributed by atoms with E-state index in [2.05, 4.69) is 5.32 Å². The topological polar surface area (TPSA) is 38.3 Å². The maximum Gasteiger partial charge on any atom is 0.416 e. The Morgan fingerprint density at radius 3 is 2.37 bits per heavy atom. The van der Waals surface area contributed by atoms with Crippen LogP contribution in [0, 0.1) is 0 Å². The Labute approximate surface area is 160 Å². The van der Waals surface area contributed by atoms with Crippen LogP contribution in [0.3, 0.4) is 0 Å². The quantitative estimate of drug-likeness (QED) is 0.654. The van der Waals surface area contributed by atoms with E-state index in [1.807, 2.05) is 0 Å². The average Bonchev–Trinajstić information content (AvgIpc) is 2.86. The highest BCUT2D eigenvalue weighted by molar-refractivity contribution is 6.42. The summed E-state index contributed by atoms with van der Waals surface area (Å²) in [6.45, 7) is -1.33. The minimum atomic E-state index is -4.67. The number of carbonyl (C=O) groups excluding carboxylic acids is 1. The Morgan fingerprint density at radius 2 is 1.74 bits per heavy atom. The number of ether oxygens (including phenoxy) is 1. The van der Waals surface area contributed by atoms with Crippen molar-refractivity contribution in [3.05, 3.63) is 57.1 Å². The lowest BCUT2D eigenvalue weighted by Gasteiger charge is -2.22. The number of hydrogen-bond donors (Lipinski definition) is 1. The van der Waals surface area contributed by atoms with Crippen LogP contribution in [-0.4, -0.2) is 19.2 Å². The van der Waals surface area contributed by atoms with Gasteiger partial charge in [-0.05, 0) is 18.2 Å². The molecule has 1 unspecified atom stereocenters. The summed E-state index contributed by atoms with van der Waals surface area (Å²) in [5.74, 6) is -1.47. The van der Waals surface area contributed by atoms with Gasteiger partial charge in [-0.25, -0.2) is 8.78 Å². The highest BCUT2D eigenvalue weighted by atomic mass is 35.5. The third kappa shape index (κ3) is 3.32. The molecule has 27 heavy (non-hydrogen) atoms. The Bertz CT molecular complexity index is 919. The number of rotatable bonds is 4. The number of hydrogen-bond acceptors (Lipinski definition) is 2. The number of benzene rings is 2. The Morgan fingerprint density at radius 1 is 1.07 bits per heavy atom. The zero-order chi connectivity index (χ0) is 20.0. The van der Waals surface area contributed by atoms with Crippen LogP contribution < -0.4 is 10.1 Å². The minimum absolute atomic E-state index is 0.0241. The lowest BCUT2D eigenvalue weighted by atomic mass is 9.88. The molecule has 144 valence electrons. The summed E-state index contributed by atoms with van der Waals surface area (Å²) in [6, 6.07) is 4.30. The van der Waals surface area contributed by atoms with Gasteiger partial charge in [0, 0.05) is 22.9 Å². The van der Waals surface area contributed by atoms with E-state index in [4.69, 9.17) is 27.9 Å². The van der Waals surface area contributed by atoms with Crippen LogP contribution in [0.4, 0.5) is 27.6 Å². The summed E-state index contributed by atoms with van der Waals surface area (Å²) >= 11 is 11.8. The summed E-state index contributed by atoms with van der Waals surface area (Å²) in [7, 11) is 0. The molecule has 1 aliphatic rings. The van der Waals surface area contributed by atoms with Crippen LogP contribution in [0.2, 0.25) is 10.0 Å². The Hall–Kier alpha value is -2.06. The highest BCUT2D eigenvalue weighted by Gasteiger charge is 2.51. The molecule has 0 saturated heterocycles. The monoisotopic (exact) mass is 425 g/mol. The molecule has 2 aromatic rings. The van der Waals surface area contributed by atoms with Gasteiger partial charge in [0.2, 0.25) is 5.67 Å². The SMILES string of the molecule is O=C1Nc2cc(C(F)(F)F)ccc2C1(F)c1cc(Cl)c(Cl)cc1OCCF. The molecule has 0 aromatic heterocycles. The normalized spacial score (nSPS) is 19.0. The van der Waals surface area contributed by atoms with Crippen molar-refractivity contribution in [2.45, 2.75) is 11.8 Å². The lowest BCUT2D eigenvalue weighted by molar-refractivity contribution is -0.137. The van der Waals surface area contributed by atoms with Crippen LogP contribution in [0.5, 0.6) is 5.75 Å². The first-order chi connectivity index (χ1) is 12.6. The van der Waals surface area contributed by atoms with Gasteiger partial charge in [0.25, 0.3) is 5.91 Å². The van der Waals surface area contributed by atoms with Gasteiger partial charge in [0.15, 0.2) is 0 Å². The number of fused-ring (bicyclic) bond motifs is 1. The zero-order valence-corrected chi connectivity index (χ0v) is 14.8. The van der Waals surface area contributed by atoms with Crippen LogP contribution in [0.25, 0.3) is 0 Å². The van der Waals surface area contributed by atoms with Crippen LogP contribution in [-0.2, 0) is 16.6 Å². The number of alkyl halides is 5. The number of halogens is 7. The van der Waals surface area contributed by atoms with E-state index in [0.29, 0.717) is 12.1 Å². The molecule has 2 aromatic carbocycles. The molecule has 0 bridgehead atoms. The first-order valence-corrected chi connectivity index (χ1v) is 8.25. The van der Waals surface area contributed by atoms with E-state index >= 15 is 4.39 Å². The highest BCUT2D eigenvalue weighted by Crippen LogP contribution is 2.49. The fourth-order valence-electron chi connectivity index (χ4n) is 2.79. The molecule has 1 aliphatic heterocycles. The average molecular weight is 426 g/mol. The van der Waals surface area contributed by atoms with Crippen LogP contribution in [0.15, 0.2) is 30.3 Å². The van der Waals surface area contributed by atoms with E-state index in [0.717, 1.165) is 18.2 Å². The molecule has 0 saturated carbocycles. The van der Waals surface area contributed by atoms with Crippen molar-refractivity contribution >= 4 is 34.8 Å². The molecule has 0 fully saturated rings. The van der Waals surface area contributed by atoms with Gasteiger partial charge in [-0.3, -0.25) is 4.79 Å². The van der Waals surface area contributed by atoms with Gasteiger partial charge in [0.05, 0.1) is 15.6 Å². The Kier molecular flexibility index (Phi) is 4.98. The van der Waals surface area contributed by atoms with Gasteiger partial charge in [0.1, 0.15) is 19.0 Å². The van der Waals surface area contributed by atoms with E-state index in [9.17, 15) is 22.4 Å². The summed E-state index contributed by atoms with van der Waals surface area (Å²) in [5, 5.41) is 1.97. The summed E-state index contributed by atoms with van der Waals surface area (Å²) in [6.07, 6.45) is -4.67. The molecule has 3 rings (SSSR count). The zero-order valence-electron chi connectivity index (χ0n) is 13.3. The first-order valence-electron chi connectivity index (χ1n) is 7.49. The summed E-state index contributed by atoms with van der Waals surface area (Å²) < 4.78 is 72.1. The van der Waals surface area contributed by atoms with E-state index in [1.54, 1.807) is 0 Å². The molecule has 0 aliphatic carbocycles. The van der Waals surface area contributed by atoms with Crippen molar-refractivity contribution in [1.29, 1.82) is 0 Å². The van der Waals surface area contributed by atoms with Gasteiger partial charge in [-0.1, -0.05) is 29.3 Å². The molecule has 1 amide bonds. The smallest absolute Gasteiger partial charge is 0.416 e. The standard InChI is InChI=1S/C17H10Cl2F5NO2/c18-11-6-10(14(7-12(11)19)27-4-3-20)16(21)9-2-1-8(17(22,23)24)5-13(9)25-15(16)26/h1-2,5-7H,3-4H2,(H,25,26). The predicted octanol–water partition coefficient (Wildman–Crippen LogP) is 5.53. The van der Waals surface area contributed by atoms with Crippen molar-refractivity contribution in [2.75, 3.05) is 18.6 Å². The Balaban J connectivity index is 2.18. The summed E-state index contributed by atoms with van der Waals surface area (Å²) in [4.78, 5) is 12.4. The molecule has 0 spiro atoms. The molecular formula is C17H10Cl2F5NO2. The molecular weight excluding hydrogens is 416 g/mol. The molecule has 0 radical (unpaired) electrons. The lowest BCUT2D eigenvalue weighted by Crippen LogP contribution is -2.31. The third-order valence-electron chi connectivity index (χ3n) is 4.01. The maximum absolute atomic E-state index is 15.9. The van der Waals surface area contributed by atoms with Crippen LogP contribution in [0.1, 0.15) is 16.7 Å². The van der Waals surface area contributed by atoms with Crippen molar-refractivity contribution in [2.24, 2.45) is 0 Å². The number of carbonyl (C=O) groups is 1. The number of anilines is 1. The predicted molar refractivity (Wildman–Crippen MR) is 89.9 cm³/mol. The van der Waals surface area contributed by atoms with Gasteiger partial charge >= 0.3 is 6.18 Å². The second-order valence-electron chi connectivity index (χ2n) is 5.67. The molecule has 3 nitrogen and oxygen atoms in total. The number of amides is 1. The van der Waals surface area contributed by atoms with Gasteiger partial charge in [-0.2, -0.15) is 13.2 Å². The molecule has 1 heterocycles. The molecule has 1 N–H and O–H groups in total. The minimum Gasteiger partial charge on any atom is -0.490 e. The fraction of sp³-hybridized carbons (Fsp3) is 0.235. The maximum atomic E-state index is 15.9. The molecule has 1 atom stereocenters. The molecule has 10 heteroatoms. The van der Waals surface area contributed by atoms with Gasteiger partial charge < -0.3 is 10.1 Å². The van der Waals surface area contributed by atoms with Crippen LogP contribution >= 0.6 is 23.2 Å². The van der Waals surface area contributed by atoms with Crippen molar-refractivity contribution in [1.82, 2.24) is 0 Å².